The van der Waals surface area contributed by atoms with Gasteiger partial charge in [0, 0.05) is 5.56 Å². The lowest BCUT2D eigenvalue weighted by molar-refractivity contribution is 0.0399. The normalized spacial score (nSPS) is 18.9. The predicted molar refractivity (Wildman–Crippen MR) is 69.0 cm³/mol. The summed E-state index contributed by atoms with van der Waals surface area (Å²) in [4.78, 5) is 11.1. The summed E-state index contributed by atoms with van der Waals surface area (Å²) >= 11 is 1.65. The van der Waals surface area contributed by atoms with Gasteiger partial charge >= 0.3 is 0 Å². The molecule has 1 N–H and O–H groups in total. The van der Waals surface area contributed by atoms with Crippen LogP contribution in [0.3, 0.4) is 0 Å². The molecule has 0 saturated heterocycles. The number of hydrogen-bond acceptors (Lipinski definition) is 4. The number of aliphatic imine (C=N–C) groups is 1. The SMILES string of the molecule is Cc1ccccc1C1=N[C@H](c2cccs2)ON1. The average Bonchev–Trinajstić information content (AvgIpc) is 3.00. The third-order valence-corrected chi connectivity index (χ3v) is 3.60. The topological polar surface area (TPSA) is 33.6 Å². The standard InChI is InChI=1S/C13H12N2OS/c1-9-5-2-3-6-10(9)12-14-13(16-15-12)11-7-4-8-17-11/h2-8,13H,1H3,(H,14,15)/t13-/m0/s1. The highest BCUT2D eigenvalue weighted by Crippen LogP contribution is 2.27. The van der Waals surface area contributed by atoms with E-state index in [1.54, 1.807) is 11.3 Å². The fourth-order valence-corrected chi connectivity index (χ4v) is 2.49. The predicted octanol–water partition coefficient (Wildman–Crippen LogP) is 3.04. The molecule has 0 spiro atoms. The van der Waals surface area contributed by atoms with Crippen molar-refractivity contribution in [2.75, 3.05) is 0 Å². The molecule has 0 unspecified atom stereocenters. The molecule has 0 bridgehead atoms. The molecule has 4 heteroatoms. The summed E-state index contributed by atoms with van der Waals surface area (Å²) in [7, 11) is 0. The van der Waals surface area contributed by atoms with Crippen LogP contribution in [-0.4, -0.2) is 5.84 Å². The third-order valence-electron chi connectivity index (χ3n) is 2.70. The summed E-state index contributed by atoms with van der Waals surface area (Å²) in [6.45, 7) is 2.07. The van der Waals surface area contributed by atoms with Gasteiger partial charge in [0.1, 0.15) is 0 Å². The Morgan fingerprint density at radius 1 is 1.24 bits per heavy atom. The second-order valence-electron chi connectivity index (χ2n) is 3.88. The summed E-state index contributed by atoms with van der Waals surface area (Å²) in [6.07, 6.45) is -0.218. The van der Waals surface area contributed by atoms with Crippen LogP contribution in [0.1, 0.15) is 22.2 Å². The van der Waals surface area contributed by atoms with Crippen LogP contribution in [0.4, 0.5) is 0 Å². The Labute approximate surface area is 104 Å². The number of nitrogens with zero attached hydrogens (tertiary/aromatic N) is 1. The molecule has 0 fully saturated rings. The van der Waals surface area contributed by atoms with E-state index in [9.17, 15) is 0 Å². The van der Waals surface area contributed by atoms with Crippen molar-refractivity contribution in [3.8, 4) is 0 Å². The number of aryl methyl sites for hydroxylation is 1. The molecule has 2 aromatic rings. The second-order valence-corrected chi connectivity index (χ2v) is 4.86. The van der Waals surface area contributed by atoms with Crippen molar-refractivity contribution in [2.24, 2.45) is 4.99 Å². The molecule has 3 rings (SSSR count). The maximum Gasteiger partial charge on any atom is 0.211 e. The molecular weight excluding hydrogens is 232 g/mol. The first kappa shape index (κ1) is 10.5. The average molecular weight is 244 g/mol. The molecule has 3 nitrogen and oxygen atoms in total. The van der Waals surface area contributed by atoms with E-state index in [-0.39, 0.29) is 6.23 Å². The zero-order valence-corrected chi connectivity index (χ0v) is 10.2. The van der Waals surface area contributed by atoms with E-state index in [0.717, 1.165) is 16.3 Å². The molecule has 0 radical (unpaired) electrons. The number of hydroxylamine groups is 1. The molecule has 17 heavy (non-hydrogen) atoms. The molecular formula is C13H12N2OS. The lowest BCUT2D eigenvalue weighted by Gasteiger charge is -2.03. The van der Waals surface area contributed by atoms with Crippen LogP contribution in [-0.2, 0) is 4.84 Å². The van der Waals surface area contributed by atoms with Gasteiger partial charge in [0.25, 0.3) is 0 Å². The van der Waals surface area contributed by atoms with E-state index < -0.39 is 0 Å². The number of nitrogens with one attached hydrogen (secondary N) is 1. The molecule has 0 amide bonds. The number of amidine groups is 1. The lowest BCUT2D eigenvalue weighted by atomic mass is 10.1. The van der Waals surface area contributed by atoms with Gasteiger partial charge in [0.2, 0.25) is 6.23 Å². The molecule has 1 aliphatic heterocycles. The van der Waals surface area contributed by atoms with E-state index in [0.29, 0.717) is 0 Å². The maximum atomic E-state index is 5.48. The van der Waals surface area contributed by atoms with E-state index in [2.05, 4.69) is 23.5 Å². The summed E-state index contributed by atoms with van der Waals surface area (Å²) < 4.78 is 0. The Bertz CT molecular complexity index is 548. The molecule has 1 atom stereocenters. The van der Waals surface area contributed by atoms with Crippen molar-refractivity contribution < 1.29 is 4.84 Å². The number of thiophene rings is 1. The third kappa shape index (κ3) is 1.97. The Balaban J connectivity index is 1.92. The van der Waals surface area contributed by atoms with Gasteiger partial charge in [-0.2, -0.15) is 0 Å². The van der Waals surface area contributed by atoms with Crippen LogP contribution >= 0.6 is 11.3 Å². The zero-order valence-electron chi connectivity index (χ0n) is 9.38. The number of benzene rings is 1. The summed E-state index contributed by atoms with van der Waals surface area (Å²) in [5.74, 6) is 0.807. The first-order valence-electron chi connectivity index (χ1n) is 5.43. The summed E-state index contributed by atoms with van der Waals surface area (Å²) in [5.41, 5.74) is 5.19. The summed E-state index contributed by atoms with van der Waals surface area (Å²) in [5, 5.41) is 2.03. The fraction of sp³-hybridized carbons (Fsp3) is 0.154. The van der Waals surface area contributed by atoms with Crippen molar-refractivity contribution in [1.82, 2.24) is 5.48 Å². The van der Waals surface area contributed by atoms with Crippen molar-refractivity contribution in [2.45, 2.75) is 13.2 Å². The van der Waals surface area contributed by atoms with Gasteiger partial charge in [-0.15, -0.1) is 11.3 Å². The monoisotopic (exact) mass is 244 g/mol. The second kappa shape index (κ2) is 4.31. The molecule has 0 aliphatic carbocycles. The first-order valence-corrected chi connectivity index (χ1v) is 6.31. The minimum atomic E-state index is -0.218. The first-order chi connectivity index (χ1) is 8.34. The van der Waals surface area contributed by atoms with Gasteiger partial charge in [-0.1, -0.05) is 30.3 Å². The quantitative estimate of drug-likeness (QED) is 0.881. The van der Waals surface area contributed by atoms with Gasteiger partial charge < -0.3 is 0 Å². The number of rotatable bonds is 2. The molecule has 0 saturated carbocycles. The van der Waals surface area contributed by atoms with E-state index in [1.165, 1.54) is 5.56 Å². The Hall–Kier alpha value is -1.65. The highest BCUT2D eigenvalue weighted by molar-refractivity contribution is 7.10. The molecule has 1 aromatic heterocycles. The van der Waals surface area contributed by atoms with E-state index in [4.69, 9.17) is 4.84 Å². The van der Waals surface area contributed by atoms with Crippen LogP contribution in [0.25, 0.3) is 0 Å². The smallest absolute Gasteiger partial charge is 0.211 e. The van der Waals surface area contributed by atoms with Gasteiger partial charge in [0.15, 0.2) is 5.84 Å². The molecule has 1 aliphatic rings. The van der Waals surface area contributed by atoms with E-state index in [1.807, 2.05) is 35.7 Å². The number of hydrogen-bond donors (Lipinski definition) is 1. The van der Waals surface area contributed by atoms with Crippen molar-refractivity contribution in [3.63, 3.8) is 0 Å². The van der Waals surface area contributed by atoms with Crippen LogP contribution in [0.15, 0.2) is 46.8 Å². The maximum absolute atomic E-state index is 5.48. The van der Waals surface area contributed by atoms with Crippen LogP contribution in [0.2, 0.25) is 0 Å². The molecule has 86 valence electrons. The highest BCUT2D eigenvalue weighted by atomic mass is 32.1. The minimum absolute atomic E-state index is 0.218. The molecule has 1 aromatic carbocycles. The van der Waals surface area contributed by atoms with Crippen molar-refractivity contribution in [3.05, 3.63) is 57.8 Å². The summed E-state index contributed by atoms with van der Waals surface area (Å²) in [6, 6.07) is 12.2. The van der Waals surface area contributed by atoms with Gasteiger partial charge in [-0.25, -0.2) is 15.3 Å². The van der Waals surface area contributed by atoms with Crippen molar-refractivity contribution >= 4 is 17.2 Å². The van der Waals surface area contributed by atoms with E-state index >= 15 is 0 Å². The molecule has 2 heterocycles. The Morgan fingerprint density at radius 2 is 2.12 bits per heavy atom. The Kier molecular flexibility index (Phi) is 2.66. The fourth-order valence-electron chi connectivity index (χ4n) is 1.80. The highest BCUT2D eigenvalue weighted by Gasteiger charge is 2.22. The van der Waals surface area contributed by atoms with Gasteiger partial charge in [0.05, 0.1) is 4.88 Å². The van der Waals surface area contributed by atoms with Crippen LogP contribution < -0.4 is 5.48 Å². The largest absolute Gasteiger partial charge is 0.246 e. The Morgan fingerprint density at radius 3 is 2.88 bits per heavy atom. The van der Waals surface area contributed by atoms with Gasteiger partial charge in [-0.05, 0) is 23.9 Å². The van der Waals surface area contributed by atoms with Crippen LogP contribution in [0, 0.1) is 6.92 Å². The van der Waals surface area contributed by atoms with Crippen LogP contribution in [0.5, 0.6) is 0 Å². The minimum Gasteiger partial charge on any atom is -0.246 e. The van der Waals surface area contributed by atoms with Gasteiger partial charge in [-0.3, -0.25) is 0 Å². The van der Waals surface area contributed by atoms with Crippen molar-refractivity contribution in [1.29, 1.82) is 0 Å². The zero-order chi connectivity index (χ0) is 11.7. The lowest BCUT2D eigenvalue weighted by Crippen LogP contribution is -2.18.